The van der Waals surface area contributed by atoms with E-state index in [0.717, 1.165) is 23.4 Å². The third kappa shape index (κ3) is 4.11. The number of hydrogen-bond donors (Lipinski definition) is 1. The van der Waals surface area contributed by atoms with E-state index in [1.54, 1.807) is 31.4 Å². The summed E-state index contributed by atoms with van der Waals surface area (Å²) in [6, 6.07) is 15.5. The van der Waals surface area contributed by atoms with Crippen molar-refractivity contribution < 1.29 is 9.53 Å². The molecule has 0 saturated carbocycles. The number of aromatic nitrogens is 1. The summed E-state index contributed by atoms with van der Waals surface area (Å²) in [6.07, 6.45) is 1.12. The van der Waals surface area contributed by atoms with Crippen LogP contribution in [0.25, 0.3) is 11.3 Å². The van der Waals surface area contributed by atoms with Crippen molar-refractivity contribution >= 4 is 22.4 Å². The number of hydrogen-bond acceptors (Lipinski definition) is 4. The van der Waals surface area contributed by atoms with Gasteiger partial charge in [0, 0.05) is 16.5 Å². The van der Waals surface area contributed by atoms with Gasteiger partial charge in [-0.1, -0.05) is 38.1 Å². The van der Waals surface area contributed by atoms with Gasteiger partial charge < -0.3 is 4.74 Å². The Balaban J connectivity index is 1.70. The Kier molecular flexibility index (Phi) is 5.68. The van der Waals surface area contributed by atoms with Gasteiger partial charge >= 0.3 is 0 Å². The zero-order valence-electron chi connectivity index (χ0n) is 15.2. The Morgan fingerprint density at radius 3 is 2.46 bits per heavy atom. The standard InChI is InChI=1S/C21H22N2O2S/c1-4-14(2)15-5-7-16(8-6-15)19-13-26-21(22-19)23-20(24)17-9-11-18(25-3)12-10-17/h5-14H,4H2,1-3H3,(H,22,23,24). The molecule has 0 aliphatic carbocycles. The molecule has 0 saturated heterocycles. The number of ether oxygens (including phenoxy) is 1. The minimum absolute atomic E-state index is 0.180. The Labute approximate surface area is 157 Å². The molecule has 4 nitrogen and oxygen atoms in total. The summed E-state index contributed by atoms with van der Waals surface area (Å²) < 4.78 is 5.11. The maximum absolute atomic E-state index is 12.3. The summed E-state index contributed by atoms with van der Waals surface area (Å²) in [5.74, 6) is 1.10. The average molecular weight is 366 g/mol. The predicted molar refractivity (Wildman–Crippen MR) is 107 cm³/mol. The Morgan fingerprint density at radius 1 is 1.15 bits per heavy atom. The lowest BCUT2D eigenvalue weighted by Gasteiger charge is -2.08. The number of nitrogens with zero attached hydrogens (tertiary/aromatic N) is 1. The van der Waals surface area contributed by atoms with Crippen LogP contribution < -0.4 is 10.1 Å². The summed E-state index contributed by atoms with van der Waals surface area (Å²) in [7, 11) is 1.60. The number of anilines is 1. The highest BCUT2D eigenvalue weighted by Crippen LogP contribution is 2.27. The van der Waals surface area contributed by atoms with Crippen LogP contribution in [0, 0.1) is 0 Å². The maximum Gasteiger partial charge on any atom is 0.257 e. The average Bonchev–Trinajstić information content (AvgIpc) is 3.16. The van der Waals surface area contributed by atoms with Crippen LogP contribution in [-0.2, 0) is 0 Å². The first-order chi connectivity index (χ1) is 12.6. The molecule has 5 heteroatoms. The van der Waals surface area contributed by atoms with Gasteiger partial charge in [-0.15, -0.1) is 11.3 Å². The third-order valence-corrected chi connectivity index (χ3v) is 5.22. The van der Waals surface area contributed by atoms with Crippen molar-refractivity contribution in [2.24, 2.45) is 0 Å². The van der Waals surface area contributed by atoms with Crippen LogP contribution in [0.1, 0.15) is 42.1 Å². The lowest BCUT2D eigenvalue weighted by molar-refractivity contribution is 0.102. The van der Waals surface area contributed by atoms with Gasteiger partial charge in [-0.25, -0.2) is 4.98 Å². The number of carbonyl (C=O) groups excluding carboxylic acids is 1. The molecule has 0 radical (unpaired) electrons. The molecule has 1 heterocycles. The summed E-state index contributed by atoms with van der Waals surface area (Å²) >= 11 is 1.42. The number of nitrogens with one attached hydrogen (secondary N) is 1. The topological polar surface area (TPSA) is 51.2 Å². The molecule has 134 valence electrons. The molecule has 3 aromatic rings. The normalized spacial score (nSPS) is 11.8. The van der Waals surface area contributed by atoms with Gasteiger partial charge in [-0.05, 0) is 42.2 Å². The Hall–Kier alpha value is -2.66. The van der Waals surface area contributed by atoms with Crippen molar-refractivity contribution in [3.05, 3.63) is 65.0 Å². The van der Waals surface area contributed by atoms with E-state index in [2.05, 4.69) is 48.4 Å². The first-order valence-electron chi connectivity index (χ1n) is 8.62. The van der Waals surface area contributed by atoms with Gasteiger partial charge in [-0.3, -0.25) is 10.1 Å². The minimum atomic E-state index is -0.180. The molecule has 0 bridgehead atoms. The second-order valence-corrected chi connectivity index (χ2v) is 7.01. The number of thiazole rings is 1. The monoisotopic (exact) mass is 366 g/mol. The Bertz CT molecular complexity index is 870. The first kappa shape index (κ1) is 18.1. The van der Waals surface area contributed by atoms with E-state index < -0.39 is 0 Å². The highest BCUT2D eigenvalue weighted by Gasteiger charge is 2.11. The SMILES string of the molecule is CCC(C)c1ccc(-c2csc(NC(=O)c3ccc(OC)cc3)n2)cc1. The molecule has 0 fully saturated rings. The van der Waals surface area contributed by atoms with Crippen LogP contribution in [0.5, 0.6) is 5.75 Å². The van der Waals surface area contributed by atoms with Crippen LogP contribution in [0.15, 0.2) is 53.9 Å². The fourth-order valence-electron chi connectivity index (χ4n) is 2.59. The van der Waals surface area contributed by atoms with Crippen molar-refractivity contribution in [3.8, 4) is 17.0 Å². The second kappa shape index (κ2) is 8.15. The lowest BCUT2D eigenvalue weighted by atomic mass is 9.97. The van der Waals surface area contributed by atoms with Crippen molar-refractivity contribution in [1.29, 1.82) is 0 Å². The maximum atomic E-state index is 12.3. The number of methoxy groups -OCH3 is 1. The minimum Gasteiger partial charge on any atom is -0.497 e. The molecule has 0 spiro atoms. The smallest absolute Gasteiger partial charge is 0.257 e. The van der Waals surface area contributed by atoms with Gasteiger partial charge in [0.1, 0.15) is 5.75 Å². The van der Waals surface area contributed by atoms with Gasteiger partial charge in [0.15, 0.2) is 5.13 Å². The number of amides is 1. The summed E-state index contributed by atoms with van der Waals surface area (Å²) in [6.45, 7) is 4.42. The van der Waals surface area contributed by atoms with Gasteiger partial charge in [-0.2, -0.15) is 0 Å². The van der Waals surface area contributed by atoms with E-state index in [-0.39, 0.29) is 5.91 Å². The van der Waals surface area contributed by atoms with E-state index in [1.807, 2.05) is 5.38 Å². The molecule has 1 N–H and O–H groups in total. The highest BCUT2D eigenvalue weighted by molar-refractivity contribution is 7.14. The van der Waals surface area contributed by atoms with Crippen LogP contribution in [0.3, 0.4) is 0 Å². The molecule has 1 amide bonds. The highest BCUT2D eigenvalue weighted by atomic mass is 32.1. The van der Waals surface area contributed by atoms with Gasteiger partial charge in [0.05, 0.1) is 12.8 Å². The van der Waals surface area contributed by atoms with Crippen LogP contribution in [0.2, 0.25) is 0 Å². The van der Waals surface area contributed by atoms with Crippen molar-refractivity contribution in [1.82, 2.24) is 4.98 Å². The molecule has 2 aromatic carbocycles. The van der Waals surface area contributed by atoms with Crippen LogP contribution in [-0.4, -0.2) is 18.0 Å². The fourth-order valence-corrected chi connectivity index (χ4v) is 3.31. The molecule has 3 rings (SSSR count). The first-order valence-corrected chi connectivity index (χ1v) is 9.50. The molecule has 26 heavy (non-hydrogen) atoms. The molecule has 0 aliphatic rings. The van der Waals surface area contributed by atoms with Crippen molar-refractivity contribution in [3.63, 3.8) is 0 Å². The number of carbonyl (C=O) groups is 1. The molecule has 0 aliphatic heterocycles. The van der Waals surface area contributed by atoms with Gasteiger partial charge in [0.25, 0.3) is 5.91 Å². The largest absolute Gasteiger partial charge is 0.497 e. The molecule has 1 atom stereocenters. The summed E-state index contributed by atoms with van der Waals surface area (Å²) in [5, 5.41) is 5.40. The van der Waals surface area contributed by atoms with Crippen molar-refractivity contribution in [2.45, 2.75) is 26.2 Å². The van der Waals surface area contributed by atoms with E-state index in [1.165, 1.54) is 16.9 Å². The van der Waals surface area contributed by atoms with Crippen LogP contribution in [0.4, 0.5) is 5.13 Å². The second-order valence-electron chi connectivity index (χ2n) is 6.15. The fraction of sp³-hybridized carbons (Fsp3) is 0.238. The molecular formula is C21H22N2O2S. The number of rotatable bonds is 6. The lowest BCUT2D eigenvalue weighted by Crippen LogP contribution is -2.11. The van der Waals surface area contributed by atoms with E-state index in [4.69, 9.17) is 4.74 Å². The van der Waals surface area contributed by atoms with E-state index in [9.17, 15) is 4.79 Å². The van der Waals surface area contributed by atoms with Crippen LogP contribution >= 0.6 is 11.3 Å². The number of benzene rings is 2. The third-order valence-electron chi connectivity index (χ3n) is 4.46. The van der Waals surface area contributed by atoms with Crippen molar-refractivity contribution in [2.75, 3.05) is 12.4 Å². The van der Waals surface area contributed by atoms with E-state index in [0.29, 0.717) is 16.6 Å². The molecule has 1 aromatic heterocycles. The van der Waals surface area contributed by atoms with Gasteiger partial charge in [0.2, 0.25) is 0 Å². The Morgan fingerprint density at radius 2 is 1.85 bits per heavy atom. The molecule has 1 unspecified atom stereocenters. The van der Waals surface area contributed by atoms with E-state index >= 15 is 0 Å². The zero-order valence-corrected chi connectivity index (χ0v) is 16.0. The molecular weight excluding hydrogens is 344 g/mol. The zero-order chi connectivity index (χ0) is 18.5. The summed E-state index contributed by atoms with van der Waals surface area (Å²) in [5.41, 5.74) is 3.83. The quantitative estimate of drug-likeness (QED) is 0.619. The predicted octanol–water partition coefficient (Wildman–Crippen LogP) is 5.58. The summed E-state index contributed by atoms with van der Waals surface area (Å²) in [4.78, 5) is 16.9.